The third kappa shape index (κ3) is 2.78. The summed E-state index contributed by atoms with van der Waals surface area (Å²) in [4.78, 5) is 9.57. The molecule has 1 fully saturated rings. The van der Waals surface area contributed by atoms with Gasteiger partial charge in [0.2, 0.25) is 0 Å². The molecule has 2 aliphatic rings. The summed E-state index contributed by atoms with van der Waals surface area (Å²) in [6.07, 6.45) is 8.87. The maximum atomic E-state index is 6.22. The molecule has 0 saturated heterocycles. The van der Waals surface area contributed by atoms with E-state index >= 15 is 0 Å². The van der Waals surface area contributed by atoms with Crippen LogP contribution in [0.3, 0.4) is 0 Å². The van der Waals surface area contributed by atoms with Crippen LogP contribution in [0.4, 0.5) is 5.82 Å². The van der Waals surface area contributed by atoms with E-state index in [4.69, 9.17) is 15.5 Å². The molecule has 116 valence electrons. The van der Waals surface area contributed by atoms with Crippen molar-refractivity contribution >= 4 is 5.82 Å². The van der Waals surface area contributed by atoms with Crippen molar-refractivity contribution in [3.63, 3.8) is 0 Å². The van der Waals surface area contributed by atoms with Crippen molar-refractivity contribution in [2.75, 3.05) is 12.3 Å². The van der Waals surface area contributed by atoms with Gasteiger partial charge in [0.25, 0.3) is 0 Å². The molecule has 0 atom stereocenters. The van der Waals surface area contributed by atoms with Gasteiger partial charge < -0.3 is 10.5 Å². The van der Waals surface area contributed by atoms with Crippen LogP contribution in [0.1, 0.15) is 69.5 Å². The first-order chi connectivity index (χ1) is 10.1. The lowest BCUT2D eigenvalue weighted by Crippen LogP contribution is -2.37. The van der Waals surface area contributed by atoms with Crippen LogP contribution in [0.5, 0.6) is 0 Å². The molecule has 0 aromatic carbocycles. The van der Waals surface area contributed by atoms with E-state index < -0.39 is 0 Å². The number of fused-ring (bicyclic) bond motifs is 1. The summed E-state index contributed by atoms with van der Waals surface area (Å²) in [5.74, 6) is 2.30. The first-order valence-corrected chi connectivity index (χ1v) is 8.44. The van der Waals surface area contributed by atoms with Gasteiger partial charge in [0.1, 0.15) is 11.4 Å². The average molecular weight is 289 g/mol. The summed E-state index contributed by atoms with van der Waals surface area (Å²) in [7, 11) is 0. The van der Waals surface area contributed by atoms with E-state index in [0.717, 1.165) is 37.4 Å². The van der Waals surface area contributed by atoms with Gasteiger partial charge in [-0.15, -0.1) is 0 Å². The molecule has 0 amide bonds. The quantitative estimate of drug-likeness (QED) is 0.926. The highest BCUT2D eigenvalue weighted by molar-refractivity contribution is 5.44. The molecule has 1 aromatic heterocycles. The number of rotatable bonds is 3. The van der Waals surface area contributed by atoms with Gasteiger partial charge in [-0.2, -0.15) is 0 Å². The second kappa shape index (κ2) is 5.91. The van der Waals surface area contributed by atoms with Crippen LogP contribution in [0.25, 0.3) is 0 Å². The number of nitrogens with two attached hydrogens (primary N) is 1. The predicted molar refractivity (Wildman–Crippen MR) is 84.0 cm³/mol. The van der Waals surface area contributed by atoms with Crippen molar-refractivity contribution in [1.29, 1.82) is 0 Å². The molecule has 1 heterocycles. The second-order valence-electron chi connectivity index (χ2n) is 6.67. The van der Waals surface area contributed by atoms with Crippen molar-refractivity contribution in [2.45, 2.75) is 70.8 Å². The molecular weight excluding hydrogens is 262 g/mol. The highest BCUT2D eigenvalue weighted by atomic mass is 16.5. The van der Waals surface area contributed by atoms with Gasteiger partial charge in [0.15, 0.2) is 5.82 Å². The SMILES string of the molecule is CCOC1(c2nc(N)c3c(n2)CCCC3)CCC(C)CC1. The predicted octanol–water partition coefficient (Wildman–Crippen LogP) is 3.38. The third-order valence-corrected chi connectivity index (χ3v) is 5.13. The Hall–Kier alpha value is -1.16. The molecule has 0 spiro atoms. The van der Waals surface area contributed by atoms with E-state index in [9.17, 15) is 0 Å². The molecule has 1 aromatic rings. The zero-order valence-electron chi connectivity index (χ0n) is 13.3. The number of hydrogen-bond donors (Lipinski definition) is 1. The summed E-state index contributed by atoms with van der Waals surface area (Å²) in [5.41, 5.74) is 8.27. The Bertz CT molecular complexity index is 507. The standard InChI is InChI=1S/C17H27N3O/c1-3-21-17(10-8-12(2)9-11-17)16-19-14-7-5-4-6-13(14)15(18)20-16/h12H,3-11H2,1-2H3,(H2,18,19,20). The van der Waals surface area contributed by atoms with Crippen molar-refractivity contribution in [1.82, 2.24) is 9.97 Å². The first kappa shape index (κ1) is 14.8. The van der Waals surface area contributed by atoms with Gasteiger partial charge in [-0.3, -0.25) is 0 Å². The van der Waals surface area contributed by atoms with E-state index in [-0.39, 0.29) is 5.60 Å². The molecule has 1 saturated carbocycles. The number of nitrogens with zero attached hydrogens (tertiary/aromatic N) is 2. The Balaban J connectivity index is 1.98. The molecule has 21 heavy (non-hydrogen) atoms. The molecule has 0 bridgehead atoms. The number of aromatic nitrogens is 2. The monoisotopic (exact) mass is 289 g/mol. The van der Waals surface area contributed by atoms with E-state index in [1.165, 1.54) is 36.9 Å². The average Bonchev–Trinajstić information content (AvgIpc) is 2.50. The highest BCUT2D eigenvalue weighted by Gasteiger charge is 2.40. The van der Waals surface area contributed by atoms with Crippen LogP contribution in [0.2, 0.25) is 0 Å². The lowest BCUT2D eigenvalue weighted by molar-refractivity contribution is -0.0837. The molecule has 0 unspecified atom stereocenters. The first-order valence-electron chi connectivity index (χ1n) is 8.44. The van der Waals surface area contributed by atoms with Crippen molar-refractivity contribution in [3.05, 3.63) is 17.1 Å². The zero-order chi connectivity index (χ0) is 14.9. The van der Waals surface area contributed by atoms with Crippen molar-refractivity contribution in [3.8, 4) is 0 Å². The molecule has 4 nitrogen and oxygen atoms in total. The van der Waals surface area contributed by atoms with Gasteiger partial charge >= 0.3 is 0 Å². The number of anilines is 1. The zero-order valence-corrected chi connectivity index (χ0v) is 13.3. The lowest BCUT2D eigenvalue weighted by Gasteiger charge is -2.38. The van der Waals surface area contributed by atoms with Gasteiger partial charge in [0.05, 0.1) is 0 Å². The fourth-order valence-electron chi connectivity index (χ4n) is 3.76. The van der Waals surface area contributed by atoms with Crippen molar-refractivity contribution in [2.24, 2.45) is 5.92 Å². The molecule has 2 N–H and O–H groups in total. The van der Waals surface area contributed by atoms with Crippen LogP contribution in [-0.2, 0) is 23.2 Å². The van der Waals surface area contributed by atoms with E-state index in [0.29, 0.717) is 12.4 Å². The van der Waals surface area contributed by atoms with E-state index in [1.807, 2.05) is 0 Å². The summed E-state index contributed by atoms with van der Waals surface area (Å²) in [5, 5.41) is 0. The fourth-order valence-corrected chi connectivity index (χ4v) is 3.76. The fraction of sp³-hybridized carbons (Fsp3) is 0.765. The van der Waals surface area contributed by atoms with Gasteiger partial charge in [-0.25, -0.2) is 9.97 Å². The number of hydrogen-bond acceptors (Lipinski definition) is 4. The summed E-state index contributed by atoms with van der Waals surface area (Å²) >= 11 is 0. The molecule has 4 heteroatoms. The van der Waals surface area contributed by atoms with Crippen molar-refractivity contribution < 1.29 is 4.74 Å². The molecule has 0 radical (unpaired) electrons. The maximum absolute atomic E-state index is 6.22. The van der Waals surface area contributed by atoms with E-state index in [2.05, 4.69) is 18.8 Å². The minimum Gasteiger partial charge on any atom is -0.383 e. The topological polar surface area (TPSA) is 61.0 Å². The minimum atomic E-state index is -0.304. The maximum Gasteiger partial charge on any atom is 0.162 e. The number of aryl methyl sites for hydroxylation is 1. The smallest absolute Gasteiger partial charge is 0.162 e. The van der Waals surface area contributed by atoms with Gasteiger partial charge in [-0.05, 0) is 64.2 Å². The Morgan fingerprint density at radius 3 is 2.62 bits per heavy atom. The Morgan fingerprint density at radius 2 is 1.90 bits per heavy atom. The second-order valence-corrected chi connectivity index (χ2v) is 6.67. The van der Waals surface area contributed by atoms with E-state index in [1.54, 1.807) is 0 Å². The van der Waals surface area contributed by atoms with Crippen LogP contribution < -0.4 is 5.73 Å². The Kier molecular flexibility index (Phi) is 4.16. The largest absolute Gasteiger partial charge is 0.383 e. The normalized spacial score (nSPS) is 29.1. The summed E-state index contributed by atoms with van der Waals surface area (Å²) in [6.45, 7) is 5.08. The molecule has 0 aliphatic heterocycles. The summed E-state index contributed by atoms with van der Waals surface area (Å²) in [6, 6.07) is 0. The Morgan fingerprint density at radius 1 is 1.19 bits per heavy atom. The molecular formula is C17H27N3O. The van der Waals surface area contributed by atoms with Crippen LogP contribution in [-0.4, -0.2) is 16.6 Å². The van der Waals surface area contributed by atoms with Crippen LogP contribution in [0, 0.1) is 5.92 Å². The molecule has 2 aliphatic carbocycles. The minimum absolute atomic E-state index is 0.304. The van der Waals surface area contributed by atoms with Gasteiger partial charge in [-0.1, -0.05) is 6.92 Å². The summed E-state index contributed by atoms with van der Waals surface area (Å²) < 4.78 is 6.17. The lowest BCUT2D eigenvalue weighted by atomic mass is 9.78. The van der Waals surface area contributed by atoms with Crippen LogP contribution in [0.15, 0.2) is 0 Å². The highest BCUT2D eigenvalue weighted by Crippen LogP contribution is 2.42. The van der Waals surface area contributed by atoms with Crippen LogP contribution >= 0.6 is 0 Å². The Labute approximate surface area is 127 Å². The molecule has 3 rings (SSSR count). The number of nitrogen functional groups attached to an aromatic ring is 1. The number of ether oxygens (including phenoxy) is 1. The van der Waals surface area contributed by atoms with Gasteiger partial charge in [0, 0.05) is 17.9 Å². The third-order valence-electron chi connectivity index (χ3n) is 5.13.